The maximum absolute atomic E-state index is 5.27. The Balaban J connectivity index is 2.30. The zero-order valence-electron chi connectivity index (χ0n) is 9.27. The fraction of sp³-hybridized carbons (Fsp3) is 0.200. The Bertz CT molecular complexity index is 481. The second kappa shape index (κ2) is 4.60. The summed E-state index contributed by atoms with van der Waals surface area (Å²) in [5, 5.41) is 6.23. The van der Waals surface area contributed by atoms with Crippen LogP contribution in [0.4, 0.5) is 0 Å². The largest absolute Gasteiger partial charge is 0.493 e. The lowest BCUT2D eigenvalue weighted by molar-refractivity contribution is -0.456. The summed E-state index contributed by atoms with van der Waals surface area (Å²) in [6, 6.07) is 3.57. The molecule has 7 nitrogen and oxygen atoms in total. The molecule has 5 N–H and O–H groups in total. The standard InChI is InChI=1S/C10H12N4O3/c1-15-7-2-6(4-13-14-10(11)12)3-8-9(7)17-5-16-8/h2-4H,5H2,1H3,(H4,11,12,14)/p+1/b13-4+. The first-order chi connectivity index (χ1) is 8.20. The van der Waals surface area contributed by atoms with Crippen molar-refractivity contribution in [2.24, 2.45) is 16.6 Å². The number of nitrogens with two attached hydrogens (primary N) is 2. The van der Waals surface area contributed by atoms with Gasteiger partial charge in [0.1, 0.15) is 0 Å². The molecule has 1 aromatic rings. The average molecular weight is 237 g/mol. The molecule has 0 bridgehead atoms. The van der Waals surface area contributed by atoms with Crippen molar-refractivity contribution in [2.45, 2.75) is 0 Å². The van der Waals surface area contributed by atoms with Crippen LogP contribution in [0.15, 0.2) is 17.2 Å². The number of benzene rings is 1. The van der Waals surface area contributed by atoms with Crippen LogP contribution in [-0.2, 0) is 0 Å². The highest BCUT2D eigenvalue weighted by molar-refractivity contribution is 5.79. The fourth-order valence-corrected chi connectivity index (χ4v) is 1.41. The Hall–Kier alpha value is -2.44. The minimum atomic E-state index is -0.0473. The molecule has 7 heteroatoms. The maximum atomic E-state index is 5.27. The number of nitrogens with one attached hydrogen (secondary N) is 1. The van der Waals surface area contributed by atoms with Crippen LogP contribution < -0.4 is 30.8 Å². The van der Waals surface area contributed by atoms with Gasteiger partial charge in [-0.05, 0) is 12.1 Å². The number of guanidine groups is 1. The van der Waals surface area contributed by atoms with Gasteiger partial charge >= 0.3 is 0 Å². The average Bonchev–Trinajstić information content (AvgIpc) is 2.75. The van der Waals surface area contributed by atoms with Crippen LogP contribution in [0.25, 0.3) is 0 Å². The monoisotopic (exact) mass is 237 g/mol. The molecule has 90 valence electrons. The number of nitrogens with zero attached hydrogens (tertiary/aromatic N) is 1. The number of fused-ring (bicyclic) bond motifs is 1. The van der Waals surface area contributed by atoms with Gasteiger partial charge in [0.25, 0.3) is 5.96 Å². The van der Waals surface area contributed by atoms with Crippen molar-refractivity contribution in [3.63, 3.8) is 0 Å². The minimum Gasteiger partial charge on any atom is -0.493 e. The van der Waals surface area contributed by atoms with Crippen molar-refractivity contribution < 1.29 is 19.3 Å². The maximum Gasteiger partial charge on any atom is 0.256 e. The highest BCUT2D eigenvalue weighted by Gasteiger charge is 2.20. The van der Waals surface area contributed by atoms with Gasteiger partial charge in [0.15, 0.2) is 11.5 Å². The van der Waals surface area contributed by atoms with Crippen LogP contribution in [0.5, 0.6) is 17.2 Å². The highest BCUT2D eigenvalue weighted by Crippen LogP contribution is 2.41. The van der Waals surface area contributed by atoms with E-state index in [2.05, 4.69) is 10.2 Å². The minimum absolute atomic E-state index is 0.0473. The Morgan fingerprint density at radius 2 is 2.29 bits per heavy atom. The molecule has 1 aliphatic heterocycles. The van der Waals surface area contributed by atoms with Crippen LogP contribution >= 0.6 is 0 Å². The summed E-state index contributed by atoms with van der Waals surface area (Å²) in [5.74, 6) is 1.78. The summed E-state index contributed by atoms with van der Waals surface area (Å²) >= 11 is 0. The van der Waals surface area contributed by atoms with Crippen molar-refractivity contribution in [2.75, 3.05) is 13.9 Å². The third-order valence-electron chi connectivity index (χ3n) is 2.11. The van der Waals surface area contributed by atoms with Crippen molar-refractivity contribution in [1.29, 1.82) is 0 Å². The Kier molecular flexibility index (Phi) is 2.99. The molecule has 0 spiro atoms. The van der Waals surface area contributed by atoms with E-state index in [1.807, 2.05) is 0 Å². The Labute approximate surface area is 97.7 Å². The quantitative estimate of drug-likeness (QED) is 0.324. The van der Waals surface area contributed by atoms with Gasteiger partial charge in [-0.15, -0.1) is 5.10 Å². The molecular weight excluding hydrogens is 224 g/mol. The molecule has 0 radical (unpaired) electrons. The fourth-order valence-electron chi connectivity index (χ4n) is 1.41. The highest BCUT2D eigenvalue weighted by atomic mass is 16.7. The van der Waals surface area contributed by atoms with E-state index in [0.717, 1.165) is 5.56 Å². The zero-order valence-corrected chi connectivity index (χ0v) is 9.27. The van der Waals surface area contributed by atoms with Crippen LogP contribution in [-0.4, -0.2) is 26.1 Å². The first-order valence-electron chi connectivity index (χ1n) is 4.85. The Morgan fingerprint density at radius 1 is 1.47 bits per heavy atom. The predicted molar refractivity (Wildman–Crippen MR) is 61.1 cm³/mol. The SMILES string of the molecule is COc1cc(/C=[NH+]/N=C(N)N)cc2c1OCO2. The summed E-state index contributed by atoms with van der Waals surface area (Å²) in [5.41, 5.74) is 11.2. The molecule has 0 amide bonds. The number of methoxy groups -OCH3 is 1. The first-order valence-corrected chi connectivity index (χ1v) is 4.85. The van der Waals surface area contributed by atoms with Crippen LogP contribution in [0.3, 0.4) is 0 Å². The molecular formula is C10H13N4O3+. The van der Waals surface area contributed by atoms with E-state index in [-0.39, 0.29) is 12.8 Å². The molecule has 0 atom stereocenters. The smallest absolute Gasteiger partial charge is 0.256 e. The number of hydrazone groups is 1. The molecule has 0 saturated heterocycles. The van der Waals surface area contributed by atoms with Gasteiger partial charge in [0.2, 0.25) is 18.8 Å². The number of ether oxygens (including phenoxy) is 3. The predicted octanol–water partition coefficient (Wildman–Crippen LogP) is -1.89. The molecule has 0 fully saturated rings. The molecule has 1 heterocycles. The molecule has 2 rings (SSSR count). The van der Waals surface area contributed by atoms with E-state index in [4.69, 9.17) is 25.7 Å². The lowest BCUT2D eigenvalue weighted by atomic mass is 10.2. The van der Waals surface area contributed by atoms with Crippen molar-refractivity contribution in [1.82, 2.24) is 0 Å². The zero-order chi connectivity index (χ0) is 12.3. The third-order valence-corrected chi connectivity index (χ3v) is 2.11. The van der Waals surface area contributed by atoms with Gasteiger partial charge in [-0.2, -0.15) is 0 Å². The van der Waals surface area contributed by atoms with E-state index in [1.54, 1.807) is 25.5 Å². The van der Waals surface area contributed by atoms with E-state index in [1.165, 1.54) is 0 Å². The van der Waals surface area contributed by atoms with Gasteiger partial charge in [-0.1, -0.05) is 0 Å². The summed E-state index contributed by atoms with van der Waals surface area (Å²) in [6.07, 6.45) is 1.62. The van der Waals surface area contributed by atoms with E-state index in [9.17, 15) is 0 Å². The first kappa shape index (κ1) is 11.1. The lowest BCUT2D eigenvalue weighted by Gasteiger charge is -2.04. The third kappa shape index (κ3) is 2.39. The number of rotatable bonds is 3. The van der Waals surface area contributed by atoms with Gasteiger partial charge in [0, 0.05) is 10.7 Å². The van der Waals surface area contributed by atoms with Gasteiger partial charge in [0.05, 0.1) is 7.11 Å². The molecule has 0 unspecified atom stereocenters. The molecule has 0 aromatic heterocycles. The molecule has 0 saturated carbocycles. The van der Waals surface area contributed by atoms with Crippen LogP contribution in [0, 0.1) is 0 Å². The second-order valence-electron chi connectivity index (χ2n) is 3.27. The van der Waals surface area contributed by atoms with Gasteiger partial charge in [-0.25, -0.2) is 0 Å². The topological polar surface area (TPSA) is 106 Å². The van der Waals surface area contributed by atoms with Crippen molar-refractivity contribution in [3.05, 3.63) is 17.7 Å². The van der Waals surface area contributed by atoms with Crippen LogP contribution in [0.2, 0.25) is 0 Å². The second-order valence-corrected chi connectivity index (χ2v) is 3.27. The summed E-state index contributed by atoms with van der Waals surface area (Å²) in [4.78, 5) is 0. The van der Waals surface area contributed by atoms with Gasteiger partial charge in [-0.3, -0.25) is 0 Å². The Morgan fingerprint density at radius 3 is 3.00 bits per heavy atom. The van der Waals surface area contributed by atoms with E-state index < -0.39 is 0 Å². The lowest BCUT2D eigenvalue weighted by Crippen LogP contribution is -2.63. The van der Waals surface area contributed by atoms with E-state index in [0.29, 0.717) is 17.2 Å². The molecule has 17 heavy (non-hydrogen) atoms. The summed E-state index contributed by atoms with van der Waals surface area (Å²) < 4.78 is 15.7. The normalized spacial score (nSPS) is 12.8. The van der Waals surface area contributed by atoms with Crippen molar-refractivity contribution >= 4 is 12.2 Å². The summed E-state index contributed by atoms with van der Waals surface area (Å²) in [6.45, 7) is 0.191. The van der Waals surface area contributed by atoms with Gasteiger partial charge < -0.3 is 25.7 Å². The summed E-state index contributed by atoms with van der Waals surface area (Å²) in [7, 11) is 1.56. The molecule has 0 aliphatic carbocycles. The molecule has 1 aromatic carbocycles. The molecule has 1 aliphatic rings. The van der Waals surface area contributed by atoms with Crippen LogP contribution in [0.1, 0.15) is 5.56 Å². The van der Waals surface area contributed by atoms with Crippen molar-refractivity contribution in [3.8, 4) is 17.2 Å². The van der Waals surface area contributed by atoms with E-state index >= 15 is 0 Å². The number of hydrogen-bond donors (Lipinski definition) is 3. The number of hydrogen-bond acceptors (Lipinski definition) is 4.